The molecule has 1 amide bonds. The Bertz CT molecular complexity index is 196. The van der Waals surface area contributed by atoms with Crippen LogP contribution >= 0.6 is 0 Å². The summed E-state index contributed by atoms with van der Waals surface area (Å²) in [5.74, 6) is -0.327. The molecule has 0 radical (unpaired) electrons. The van der Waals surface area contributed by atoms with E-state index in [2.05, 4.69) is 5.32 Å². The summed E-state index contributed by atoms with van der Waals surface area (Å²) >= 11 is 0. The van der Waals surface area contributed by atoms with Gasteiger partial charge in [-0.15, -0.1) is 0 Å². The molecule has 0 fully saturated rings. The van der Waals surface area contributed by atoms with Crippen LogP contribution in [0.2, 0.25) is 0 Å². The molecule has 3 atom stereocenters. The van der Waals surface area contributed by atoms with E-state index >= 15 is 0 Å². The molecule has 0 unspecified atom stereocenters. The van der Waals surface area contributed by atoms with Gasteiger partial charge in [-0.05, 0) is 0 Å². The van der Waals surface area contributed by atoms with Crippen molar-refractivity contribution in [1.29, 1.82) is 0 Å². The second-order valence-corrected chi connectivity index (χ2v) is 3.01. The molecule has 0 saturated heterocycles. The van der Waals surface area contributed by atoms with Crippen LogP contribution in [0.15, 0.2) is 0 Å². The Morgan fingerprint density at radius 2 is 1.93 bits per heavy atom. The van der Waals surface area contributed by atoms with Crippen molar-refractivity contribution in [3.05, 3.63) is 0 Å². The number of aldehydes is 1. The first-order valence-electron chi connectivity index (χ1n) is 4.21. The SMILES string of the molecule is CC(=O)NC[C@@H](O)[C@H](O)C[C@@H](O)C=O. The number of carbonyl (C=O) groups excluding carboxylic acids is 2. The van der Waals surface area contributed by atoms with Gasteiger partial charge in [-0.1, -0.05) is 0 Å². The lowest BCUT2D eigenvalue weighted by molar-refractivity contribution is -0.121. The number of hydrogen-bond acceptors (Lipinski definition) is 5. The Morgan fingerprint density at radius 3 is 2.36 bits per heavy atom. The van der Waals surface area contributed by atoms with Gasteiger partial charge >= 0.3 is 0 Å². The van der Waals surface area contributed by atoms with Crippen molar-refractivity contribution in [2.24, 2.45) is 0 Å². The third-order valence-electron chi connectivity index (χ3n) is 1.64. The number of nitrogens with one attached hydrogen (secondary N) is 1. The second kappa shape index (κ2) is 6.47. The van der Waals surface area contributed by atoms with Crippen molar-refractivity contribution in [3.8, 4) is 0 Å². The molecule has 0 aromatic heterocycles. The van der Waals surface area contributed by atoms with Gasteiger partial charge in [-0.2, -0.15) is 0 Å². The van der Waals surface area contributed by atoms with E-state index in [0.717, 1.165) is 0 Å². The lowest BCUT2D eigenvalue weighted by atomic mass is 10.1. The lowest BCUT2D eigenvalue weighted by Gasteiger charge is -2.18. The molecule has 0 aliphatic rings. The molecule has 0 aliphatic carbocycles. The fourth-order valence-electron chi connectivity index (χ4n) is 0.844. The summed E-state index contributed by atoms with van der Waals surface area (Å²) in [7, 11) is 0. The van der Waals surface area contributed by atoms with Crippen molar-refractivity contribution in [2.75, 3.05) is 6.54 Å². The highest BCUT2D eigenvalue weighted by Gasteiger charge is 2.19. The molecule has 0 bridgehead atoms. The Hall–Kier alpha value is -0.980. The summed E-state index contributed by atoms with van der Waals surface area (Å²) in [6.45, 7) is 1.17. The maximum Gasteiger partial charge on any atom is 0.216 e. The lowest BCUT2D eigenvalue weighted by Crippen LogP contribution is -2.39. The fraction of sp³-hybridized carbons (Fsp3) is 0.750. The smallest absolute Gasteiger partial charge is 0.216 e. The van der Waals surface area contributed by atoms with Crippen LogP contribution in [0.1, 0.15) is 13.3 Å². The summed E-state index contributed by atoms with van der Waals surface area (Å²) in [5, 5.41) is 29.6. The van der Waals surface area contributed by atoms with E-state index in [-0.39, 0.29) is 25.2 Å². The maximum atomic E-state index is 10.4. The molecule has 14 heavy (non-hydrogen) atoms. The van der Waals surface area contributed by atoms with Gasteiger partial charge in [0.1, 0.15) is 12.4 Å². The molecule has 4 N–H and O–H groups in total. The van der Waals surface area contributed by atoms with Gasteiger partial charge < -0.3 is 25.4 Å². The molecule has 0 aromatic carbocycles. The number of hydrogen-bond donors (Lipinski definition) is 4. The highest BCUT2D eigenvalue weighted by Crippen LogP contribution is 2.01. The number of aliphatic hydroxyl groups is 3. The zero-order valence-electron chi connectivity index (χ0n) is 7.88. The molecular formula is C8H15NO5. The van der Waals surface area contributed by atoms with Crippen LogP contribution in [0, 0.1) is 0 Å². The Balaban J connectivity index is 3.80. The van der Waals surface area contributed by atoms with E-state index in [4.69, 9.17) is 5.11 Å². The summed E-state index contributed by atoms with van der Waals surface area (Å²) in [5.41, 5.74) is 0. The highest BCUT2D eigenvalue weighted by molar-refractivity contribution is 5.72. The predicted octanol–water partition coefficient (Wildman–Crippen LogP) is -2.21. The molecule has 0 spiro atoms. The van der Waals surface area contributed by atoms with Crippen molar-refractivity contribution in [2.45, 2.75) is 31.7 Å². The first kappa shape index (κ1) is 13.0. The average Bonchev–Trinajstić information content (AvgIpc) is 2.13. The standard InChI is InChI=1S/C8H15NO5/c1-5(11)9-3-8(14)7(13)2-6(12)4-10/h4,6-8,12-14H,2-3H2,1H3,(H,9,11)/t6-,7-,8-/m1/s1. The molecule has 0 saturated carbocycles. The van der Waals surface area contributed by atoms with Crippen LogP contribution in [-0.4, -0.2) is 52.4 Å². The summed E-state index contributed by atoms with van der Waals surface area (Å²) in [6.07, 6.45) is -3.69. The van der Waals surface area contributed by atoms with Gasteiger partial charge in [0.15, 0.2) is 0 Å². The van der Waals surface area contributed by atoms with Gasteiger partial charge in [-0.25, -0.2) is 0 Å². The van der Waals surface area contributed by atoms with Crippen LogP contribution in [0.4, 0.5) is 0 Å². The van der Waals surface area contributed by atoms with Crippen molar-refractivity contribution < 1.29 is 24.9 Å². The van der Waals surface area contributed by atoms with Gasteiger partial charge in [-0.3, -0.25) is 4.79 Å². The third-order valence-corrected chi connectivity index (χ3v) is 1.64. The van der Waals surface area contributed by atoms with Crippen LogP contribution < -0.4 is 5.32 Å². The van der Waals surface area contributed by atoms with Crippen LogP contribution in [-0.2, 0) is 9.59 Å². The summed E-state index contributed by atoms with van der Waals surface area (Å²) < 4.78 is 0. The molecule has 0 rings (SSSR count). The van der Waals surface area contributed by atoms with Crippen LogP contribution in [0.3, 0.4) is 0 Å². The first-order valence-corrected chi connectivity index (χ1v) is 4.21. The van der Waals surface area contributed by atoms with Gasteiger partial charge in [0.25, 0.3) is 0 Å². The quantitative estimate of drug-likeness (QED) is 0.368. The van der Waals surface area contributed by atoms with E-state index in [9.17, 15) is 19.8 Å². The van der Waals surface area contributed by atoms with E-state index < -0.39 is 18.3 Å². The average molecular weight is 205 g/mol. The second-order valence-electron chi connectivity index (χ2n) is 3.01. The zero-order chi connectivity index (χ0) is 11.1. The topological polar surface area (TPSA) is 107 Å². The first-order chi connectivity index (χ1) is 6.47. The molecule has 0 aliphatic heterocycles. The number of aliphatic hydroxyl groups excluding tert-OH is 3. The zero-order valence-corrected chi connectivity index (χ0v) is 7.88. The Morgan fingerprint density at radius 1 is 1.36 bits per heavy atom. The number of amides is 1. The molecule has 82 valence electrons. The highest BCUT2D eigenvalue weighted by atomic mass is 16.3. The largest absolute Gasteiger partial charge is 0.390 e. The number of carbonyl (C=O) groups is 2. The Labute approximate surface area is 81.5 Å². The monoisotopic (exact) mass is 205 g/mol. The van der Waals surface area contributed by atoms with Crippen molar-refractivity contribution in [1.82, 2.24) is 5.32 Å². The molecule has 0 heterocycles. The molecular weight excluding hydrogens is 190 g/mol. The Kier molecular flexibility index (Phi) is 6.02. The van der Waals surface area contributed by atoms with Crippen LogP contribution in [0.5, 0.6) is 0 Å². The fourth-order valence-corrected chi connectivity index (χ4v) is 0.844. The van der Waals surface area contributed by atoms with Gasteiger partial charge in [0.2, 0.25) is 5.91 Å². The van der Waals surface area contributed by atoms with Crippen LogP contribution in [0.25, 0.3) is 0 Å². The minimum atomic E-state index is -1.29. The van der Waals surface area contributed by atoms with E-state index in [1.165, 1.54) is 6.92 Å². The maximum absolute atomic E-state index is 10.4. The number of rotatable bonds is 6. The third kappa shape index (κ3) is 5.63. The van der Waals surface area contributed by atoms with Crippen molar-refractivity contribution >= 4 is 12.2 Å². The summed E-state index contributed by atoms with van der Waals surface area (Å²) in [6, 6.07) is 0. The molecule has 6 nitrogen and oxygen atoms in total. The minimum absolute atomic E-state index is 0.109. The predicted molar refractivity (Wildman–Crippen MR) is 47.4 cm³/mol. The van der Waals surface area contributed by atoms with Crippen molar-refractivity contribution in [3.63, 3.8) is 0 Å². The van der Waals surface area contributed by atoms with E-state index in [1.54, 1.807) is 0 Å². The summed E-state index contributed by atoms with van der Waals surface area (Å²) in [4.78, 5) is 20.5. The van der Waals surface area contributed by atoms with Gasteiger partial charge in [0.05, 0.1) is 12.2 Å². The molecule has 0 aromatic rings. The van der Waals surface area contributed by atoms with E-state index in [1.807, 2.05) is 0 Å². The van der Waals surface area contributed by atoms with E-state index in [0.29, 0.717) is 0 Å². The van der Waals surface area contributed by atoms with Gasteiger partial charge in [0, 0.05) is 19.9 Å². The minimum Gasteiger partial charge on any atom is -0.390 e. The normalized spacial score (nSPS) is 16.9. The molecule has 6 heteroatoms.